The minimum Gasteiger partial charge on any atom is -0.493 e. The van der Waals surface area contributed by atoms with E-state index in [1.54, 1.807) is 19.9 Å². The van der Waals surface area contributed by atoms with E-state index in [9.17, 15) is 15.2 Å². The van der Waals surface area contributed by atoms with Gasteiger partial charge >= 0.3 is 0 Å². The number of hydrogen-bond donors (Lipinski definition) is 2. The second kappa shape index (κ2) is 7.21. The highest BCUT2D eigenvalue weighted by Crippen LogP contribution is 2.24. The Bertz CT molecular complexity index is 455. The number of nitro benzene ring substituents is 1. The number of rotatable bonds is 8. The molecule has 2 N–H and O–H groups in total. The Hall–Kier alpha value is -1.66. The SMILES string of the molecule is CCNCc1cc([N+](=O)[O-])ccc1OCCC(C)(C)O. The molecule has 1 aromatic carbocycles. The van der Waals surface area contributed by atoms with Gasteiger partial charge < -0.3 is 15.2 Å². The van der Waals surface area contributed by atoms with Crippen LogP contribution in [0.15, 0.2) is 18.2 Å². The maximum atomic E-state index is 10.8. The average molecular weight is 282 g/mol. The molecular weight excluding hydrogens is 260 g/mol. The van der Waals surface area contributed by atoms with Crippen LogP contribution in [0, 0.1) is 10.1 Å². The van der Waals surface area contributed by atoms with Gasteiger partial charge in [-0.05, 0) is 26.5 Å². The van der Waals surface area contributed by atoms with Crippen LogP contribution in [-0.4, -0.2) is 28.8 Å². The van der Waals surface area contributed by atoms with E-state index in [1.807, 2.05) is 6.92 Å². The Balaban J connectivity index is 2.79. The molecule has 20 heavy (non-hydrogen) atoms. The fourth-order valence-electron chi connectivity index (χ4n) is 1.63. The van der Waals surface area contributed by atoms with Gasteiger partial charge in [-0.1, -0.05) is 6.92 Å². The molecule has 0 spiro atoms. The third-order valence-corrected chi connectivity index (χ3v) is 2.79. The maximum absolute atomic E-state index is 10.8. The molecule has 6 nitrogen and oxygen atoms in total. The van der Waals surface area contributed by atoms with Gasteiger partial charge in [0.1, 0.15) is 5.75 Å². The number of benzene rings is 1. The van der Waals surface area contributed by atoms with Crippen molar-refractivity contribution in [3.8, 4) is 5.75 Å². The highest BCUT2D eigenvalue weighted by atomic mass is 16.6. The average Bonchev–Trinajstić information content (AvgIpc) is 2.35. The lowest BCUT2D eigenvalue weighted by Gasteiger charge is -2.18. The Labute approximate surface area is 118 Å². The number of nitrogens with zero attached hydrogens (tertiary/aromatic N) is 1. The third-order valence-electron chi connectivity index (χ3n) is 2.79. The molecule has 1 aromatic rings. The smallest absolute Gasteiger partial charge is 0.270 e. The molecule has 0 saturated carbocycles. The van der Waals surface area contributed by atoms with Gasteiger partial charge in [0.05, 0.1) is 17.1 Å². The van der Waals surface area contributed by atoms with Gasteiger partial charge in [-0.2, -0.15) is 0 Å². The van der Waals surface area contributed by atoms with Crippen LogP contribution in [0.1, 0.15) is 32.8 Å². The Kier molecular flexibility index (Phi) is 5.91. The summed E-state index contributed by atoms with van der Waals surface area (Å²) in [7, 11) is 0. The van der Waals surface area contributed by atoms with Crippen LogP contribution in [0.4, 0.5) is 5.69 Å². The quantitative estimate of drug-likeness (QED) is 0.564. The van der Waals surface area contributed by atoms with Crippen LogP contribution >= 0.6 is 0 Å². The lowest BCUT2D eigenvalue weighted by molar-refractivity contribution is -0.384. The zero-order valence-corrected chi connectivity index (χ0v) is 12.2. The molecule has 0 aliphatic rings. The van der Waals surface area contributed by atoms with E-state index in [4.69, 9.17) is 4.74 Å². The van der Waals surface area contributed by atoms with E-state index in [-0.39, 0.29) is 5.69 Å². The predicted molar refractivity (Wildman–Crippen MR) is 76.9 cm³/mol. The van der Waals surface area contributed by atoms with Crippen molar-refractivity contribution in [2.45, 2.75) is 39.3 Å². The van der Waals surface area contributed by atoms with Crippen LogP contribution in [-0.2, 0) is 6.54 Å². The minimum atomic E-state index is -0.789. The molecule has 0 radical (unpaired) electrons. The van der Waals surface area contributed by atoms with Crippen molar-refractivity contribution in [1.29, 1.82) is 0 Å². The number of nitrogens with one attached hydrogen (secondary N) is 1. The molecule has 0 atom stereocenters. The summed E-state index contributed by atoms with van der Waals surface area (Å²) >= 11 is 0. The molecule has 0 amide bonds. The zero-order chi connectivity index (χ0) is 15.2. The molecule has 0 aliphatic carbocycles. The lowest BCUT2D eigenvalue weighted by atomic mass is 10.1. The molecule has 1 rings (SSSR count). The van der Waals surface area contributed by atoms with Crippen LogP contribution in [0.25, 0.3) is 0 Å². The minimum absolute atomic E-state index is 0.0488. The summed E-state index contributed by atoms with van der Waals surface area (Å²) in [6.45, 7) is 7.03. The monoisotopic (exact) mass is 282 g/mol. The van der Waals surface area contributed by atoms with Gasteiger partial charge in [0.2, 0.25) is 0 Å². The molecule has 0 aromatic heterocycles. The van der Waals surface area contributed by atoms with Gasteiger partial charge in [0, 0.05) is 30.7 Å². The molecule has 0 unspecified atom stereocenters. The largest absolute Gasteiger partial charge is 0.493 e. The summed E-state index contributed by atoms with van der Waals surface area (Å²) in [5, 5.41) is 23.6. The van der Waals surface area contributed by atoms with Gasteiger partial charge in [0.15, 0.2) is 0 Å². The fourth-order valence-corrected chi connectivity index (χ4v) is 1.63. The predicted octanol–water partition coefficient (Wildman–Crippen LogP) is 2.24. The molecule has 6 heteroatoms. The summed E-state index contributed by atoms with van der Waals surface area (Å²) in [6.07, 6.45) is 0.491. The summed E-state index contributed by atoms with van der Waals surface area (Å²) < 4.78 is 5.62. The van der Waals surface area contributed by atoms with Crippen LogP contribution in [0.5, 0.6) is 5.75 Å². The number of aliphatic hydroxyl groups is 1. The molecule has 0 aliphatic heterocycles. The summed E-state index contributed by atoms with van der Waals surface area (Å²) in [5.74, 6) is 0.612. The standard InChI is InChI=1S/C14H22N2O4/c1-4-15-10-11-9-12(16(18)19)5-6-13(11)20-8-7-14(2,3)17/h5-6,9,15,17H,4,7-8,10H2,1-3H3. The molecule has 0 fully saturated rings. The van der Waals surface area contributed by atoms with Crippen LogP contribution in [0.2, 0.25) is 0 Å². The third kappa shape index (κ3) is 5.54. The van der Waals surface area contributed by atoms with Crippen molar-refractivity contribution in [3.63, 3.8) is 0 Å². The van der Waals surface area contributed by atoms with Crippen molar-refractivity contribution < 1.29 is 14.8 Å². The molecule has 0 saturated heterocycles. The maximum Gasteiger partial charge on any atom is 0.270 e. The van der Waals surface area contributed by atoms with E-state index < -0.39 is 10.5 Å². The second-order valence-corrected chi connectivity index (χ2v) is 5.24. The van der Waals surface area contributed by atoms with Crippen LogP contribution in [0.3, 0.4) is 0 Å². The van der Waals surface area contributed by atoms with E-state index in [0.717, 1.165) is 12.1 Å². The van der Waals surface area contributed by atoms with Crippen molar-refractivity contribution in [1.82, 2.24) is 5.32 Å². The highest BCUT2D eigenvalue weighted by Gasteiger charge is 2.15. The second-order valence-electron chi connectivity index (χ2n) is 5.24. The Morgan fingerprint density at radius 3 is 2.70 bits per heavy atom. The number of nitro groups is 1. The molecule has 0 bridgehead atoms. The van der Waals surface area contributed by atoms with Gasteiger partial charge in [0.25, 0.3) is 5.69 Å². The van der Waals surface area contributed by atoms with Crippen molar-refractivity contribution in [2.75, 3.05) is 13.2 Å². The number of hydrogen-bond acceptors (Lipinski definition) is 5. The van der Waals surface area contributed by atoms with Crippen LogP contribution < -0.4 is 10.1 Å². The zero-order valence-electron chi connectivity index (χ0n) is 12.2. The van der Waals surface area contributed by atoms with Gasteiger partial charge in [-0.25, -0.2) is 0 Å². The Morgan fingerprint density at radius 2 is 2.15 bits per heavy atom. The van der Waals surface area contributed by atoms with Gasteiger partial charge in [-0.15, -0.1) is 0 Å². The molecule has 112 valence electrons. The van der Waals surface area contributed by atoms with Crippen molar-refractivity contribution in [3.05, 3.63) is 33.9 Å². The number of ether oxygens (including phenoxy) is 1. The summed E-state index contributed by atoms with van der Waals surface area (Å²) in [4.78, 5) is 10.4. The first kappa shape index (κ1) is 16.4. The lowest BCUT2D eigenvalue weighted by Crippen LogP contribution is -2.22. The fraction of sp³-hybridized carbons (Fsp3) is 0.571. The summed E-state index contributed by atoms with van der Waals surface area (Å²) in [6, 6.07) is 4.55. The normalized spacial score (nSPS) is 11.4. The van der Waals surface area contributed by atoms with E-state index >= 15 is 0 Å². The Morgan fingerprint density at radius 1 is 1.45 bits per heavy atom. The van der Waals surface area contributed by atoms with E-state index in [2.05, 4.69) is 5.32 Å². The molecular formula is C14H22N2O4. The topological polar surface area (TPSA) is 84.6 Å². The first-order valence-electron chi connectivity index (χ1n) is 6.66. The molecule has 0 heterocycles. The van der Waals surface area contributed by atoms with Crippen molar-refractivity contribution in [2.24, 2.45) is 0 Å². The first-order valence-corrected chi connectivity index (χ1v) is 6.66. The summed E-state index contributed by atoms with van der Waals surface area (Å²) in [5.41, 5.74) is 0.00679. The van der Waals surface area contributed by atoms with Gasteiger partial charge in [-0.3, -0.25) is 10.1 Å². The van der Waals surface area contributed by atoms with E-state index in [1.165, 1.54) is 12.1 Å². The van der Waals surface area contributed by atoms with Crippen molar-refractivity contribution >= 4 is 5.69 Å². The number of non-ortho nitro benzene ring substituents is 1. The van der Waals surface area contributed by atoms with E-state index in [0.29, 0.717) is 25.3 Å². The first-order chi connectivity index (χ1) is 9.33. The highest BCUT2D eigenvalue weighted by molar-refractivity contribution is 5.43.